The molecule has 2 bridgehead atoms. The average molecular weight is 586 g/mol. The summed E-state index contributed by atoms with van der Waals surface area (Å²) in [4.78, 5) is 28.3. The van der Waals surface area contributed by atoms with Crippen LogP contribution < -0.4 is 10.6 Å². The second-order valence-corrected chi connectivity index (χ2v) is 11.9. The molecule has 4 aromatic rings. The van der Waals surface area contributed by atoms with Crippen molar-refractivity contribution in [3.05, 3.63) is 77.4 Å². The zero-order valence-corrected chi connectivity index (χ0v) is 23.9. The standard InChI is InChI=1S/C31H32FN7O4/c1-30(2)26-19(29(41)42-30)8-9-24(36-26)35-25-14-22(34-23(17-40)18-6-4-3-5-7-18)20(15-33-25)28-37-27(38-43-28)21-16-39-12-10-31(21,32)11-13-39/h3-9,14-15,21,23,40H,10-13,16-17H2,1-2H3,(H2,33,34,35,36). The van der Waals surface area contributed by atoms with Crippen LogP contribution in [0.15, 0.2) is 59.3 Å². The van der Waals surface area contributed by atoms with Gasteiger partial charge in [0.2, 0.25) is 0 Å². The predicted molar refractivity (Wildman–Crippen MR) is 156 cm³/mol. The Labute approximate surface area is 247 Å². The summed E-state index contributed by atoms with van der Waals surface area (Å²) < 4.78 is 26.9. The first kappa shape index (κ1) is 27.4. The number of ether oxygens (including phenoxy) is 1. The van der Waals surface area contributed by atoms with Gasteiger partial charge in [-0.15, -0.1) is 0 Å². The van der Waals surface area contributed by atoms with E-state index in [0.29, 0.717) is 59.4 Å². The van der Waals surface area contributed by atoms with Crippen molar-refractivity contribution in [1.82, 2.24) is 25.0 Å². The monoisotopic (exact) mass is 585 g/mol. The van der Waals surface area contributed by atoms with Crippen molar-refractivity contribution in [2.24, 2.45) is 0 Å². The minimum absolute atomic E-state index is 0.179. The van der Waals surface area contributed by atoms with Crippen LogP contribution in [0, 0.1) is 0 Å². The van der Waals surface area contributed by atoms with Gasteiger partial charge in [0.15, 0.2) is 5.82 Å². The van der Waals surface area contributed by atoms with Crippen LogP contribution in [0.3, 0.4) is 0 Å². The highest BCUT2D eigenvalue weighted by Crippen LogP contribution is 2.45. The maximum absolute atomic E-state index is 15.8. The van der Waals surface area contributed by atoms with E-state index in [0.717, 1.165) is 18.7 Å². The van der Waals surface area contributed by atoms with Crippen molar-refractivity contribution in [1.29, 1.82) is 0 Å². The fourth-order valence-corrected chi connectivity index (χ4v) is 6.22. The number of benzene rings is 1. The Morgan fingerprint density at radius 2 is 1.88 bits per heavy atom. The molecule has 3 N–H and O–H groups in total. The number of pyridine rings is 2. The largest absolute Gasteiger partial charge is 0.449 e. The summed E-state index contributed by atoms with van der Waals surface area (Å²) in [6.45, 7) is 5.45. The molecule has 7 heterocycles. The molecule has 0 radical (unpaired) electrons. The average Bonchev–Trinajstić information content (AvgIpc) is 3.58. The number of hydrogen-bond acceptors (Lipinski definition) is 11. The topological polar surface area (TPSA) is 139 Å². The van der Waals surface area contributed by atoms with Crippen LogP contribution in [0.1, 0.15) is 66.1 Å². The number of nitrogens with zero attached hydrogens (tertiary/aromatic N) is 5. The number of esters is 1. The van der Waals surface area contributed by atoms with E-state index in [1.54, 1.807) is 38.2 Å². The van der Waals surface area contributed by atoms with Crippen LogP contribution in [-0.4, -0.2) is 68.0 Å². The van der Waals surface area contributed by atoms with Gasteiger partial charge in [-0.3, -0.25) is 0 Å². The normalized spacial score (nSPS) is 24.3. The number of fused-ring (bicyclic) bond motifs is 4. The number of halogens is 1. The molecule has 3 aromatic heterocycles. The smallest absolute Gasteiger partial charge is 0.341 e. The molecule has 4 aliphatic heterocycles. The molecule has 222 valence electrons. The third-order valence-corrected chi connectivity index (χ3v) is 8.64. The van der Waals surface area contributed by atoms with Gasteiger partial charge >= 0.3 is 5.97 Å². The second-order valence-electron chi connectivity index (χ2n) is 11.9. The molecule has 0 spiro atoms. The first-order valence-electron chi connectivity index (χ1n) is 14.4. The summed E-state index contributed by atoms with van der Waals surface area (Å²) in [5, 5.41) is 21.1. The highest BCUT2D eigenvalue weighted by atomic mass is 19.1. The lowest BCUT2D eigenvalue weighted by atomic mass is 9.76. The van der Waals surface area contributed by atoms with E-state index in [1.165, 1.54) is 0 Å². The summed E-state index contributed by atoms with van der Waals surface area (Å²) in [6.07, 6.45) is 2.51. The number of anilines is 3. The summed E-state index contributed by atoms with van der Waals surface area (Å²) in [7, 11) is 0. The lowest BCUT2D eigenvalue weighted by molar-refractivity contribution is -0.0310. The molecule has 0 amide bonds. The highest BCUT2D eigenvalue weighted by Gasteiger charge is 2.50. The molecule has 2 unspecified atom stereocenters. The van der Waals surface area contributed by atoms with E-state index in [4.69, 9.17) is 9.26 Å². The van der Waals surface area contributed by atoms with E-state index < -0.39 is 29.2 Å². The Morgan fingerprint density at radius 1 is 1.09 bits per heavy atom. The molecule has 43 heavy (non-hydrogen) atoms. The zero-order valence-electron chi connectivity index (χ0n) is 23.9. The van der Waals surface area contributed by atoms with Crippen molar-refractivity contribution in [2.45, 2.75) is 49.9 Å². The van der Waals surface area contributed by atoms with E-state index >= 15 is 4.39 Å². The third-order valence-electron chi connectivity index (χ3n) is 8.64. The highest BCUT2D eigenvalue weighted by molar-refractivity contribution is 5.94. The zero-order chi connectivity index (χ0) is 29.8. The second kappa shape index (κ2) is 10.4. The van der Waals surface area contributed by atoms with Crippen molar-refractivity contribution in [2.75, 3.05) is 36.9 Å². The van der Waals surface area contributed by atoms with Crippen LogP contribution in [0.25, 0.3) is 11.5 Å². The summed E-state index contributed by atoms with van der Waals surface area (Å²) in [5.74, 6) is 0.617. The van der Waals surface area contributed by atoms with E-state index in [-0.39, 0.29) is 12.5 Å². The number of cyclic esters (lactones) is 1. The number of alkyl halides is 1. The molecular weight excluding hydrogens is 553 g/mol. The van der Waals surface area contributed by atoms with Gasteiger partial charge in [-0.25, -0.2) is 19.2 Å². The predicted octanol–water partition coefficient (Wildman–Crippen LogP) is 4.72. The number of carbonyl (C=O) groups excluding carboxylic acids is 1. The van der Waals surface area contributed by atoms with Crippen molar-refractivity contribution in [3.63, 3.8) is 0 Å². The van der Waals surface area contributed by atoms with Gasteiger partial charge in [0.25, 0.3) is 5.89 Å². The van der Waals surface area contributed by atoms with Crippen molar-refractivity contribution >= 4 is 23.3 Å². The minimum Gasteiger partial charge on any atom is -0.449 e. The molecule has 3 saturated heterocycles. The van der Waals surface area contributed by atoms with E-state index in [2.05, 4.69) is 35.6 Å². The Kier molecular flexibility index (Phi) is 6.62. The Morgan fingerprint density at radius 3 is 2.63 bits per heavy atom. The van der Waals surface area contributed by atoms with Gasteiger partial charge in [-0.1, -0.05) is 35.5 Å². The molecule has 0 aliphatic carbocycles. The van der Waals surface area contributed by atoms with Crippen LogP contribution in [0.5, 0.6) is 0 Å². The number of piperidine rings is 3. The molecule has 4 aliphatic rings. The molecule has 1 aromatic carbocycles. The summed E-state index contributed by atoms with van der Waals surface area (Å²) in [6, 6.07) is 14.2. The quantitative estimate of drug-likeness (QED) is 0.248. The molecule has 11 nitrogen and oxygen atoms in total. The first-order valence-corrected chi connectivity index (χ1v) is 14.4. The summed E-state index contributed by atoms with van der Waals surface area (Å²) in [5.41, 5.74) is 0.743. The lowest BCUT2D eigenvalue weighted by Gasteiger charge is -2.47. The van der Waals surface area contributed by atoms with Gasteiger partial charge in [0.05, 0.1) is 35.4 Å². The summed E-state index contributed by atoms with van der Waals surface area (Å²) >= 11 is 0. The Hall–Kier alpha value is -4.42. The third kappa shape index (κ3) is 5.00. The molecule has 12 heteroatoms. The number of aliphatic hydroxyl groups excluding tert-OH is 1. The molecule has 0 saturated carbocycles. The Balaban J connectivity index is 1.23. The SMILES string of the molecule is CC1(C)OC(=O)c2ccc(Nc3cc(NC(CO)c4ccccc4)c(-c4nc(C5CN6CCC5(F)CC6)no4)cn3)nc21. The number of hydrogen-bond donors (Lipinski definition) is 3. The minimum atomic E-state index is -1.34. The number of aliphatic hydroxyl groups is 1. The fourth-order valence-electron chi connectivity index (χ4n) is 6.22. The molecular formula is C31H32FN7O4. The van der Waals surface area contributed by atoms with Crippen LogP contribution in [0.4, 0.5) is 21.7 Å². The lowest BCUT2D eigenvalue weighted by Crippen LogP contribution is -2.55. The van der Waals surface area contributed by atoms with Crippen LogP contribution in [0.2, 0.25) is 0 Å². The number of rotatable bonds is 8. The number of carbonyl (C=O) groups is 1. The molecule has 8 rings (SSSR count). The number of nitrogens with one attached hydrogen (secondary N) is 2. The van der Waals surface area contributed by atoms with E-state index in [9.17, 15) is 9.90 Å². The van der Waals surface area contributed by atoms with Crippen molar-refractivity contribution in [3.8, 4) is 11.5 Å². The van der Waals surface area contributed by atoms with E-state index in [1.807, 2.05) is 30.3 Å². The molecule has 3 fully saturated rings. The van der Waals surface area contributed by atoms with Gasteiger partial charge in [0.1, 0.15) is 28.6 Å². The van der Waals surface area contributed by atoms with Crippen LogP contribution in [-0.2, 0) is 10.3 Å². The number of aromatic nitrogens is 4. The maximum atomic E-state index is 15.8. The van der Waals surface area contributed by atoms with Gasteiger partial charge in [0, 0.05) is 31.9 Å². The van der Waals surface area contributed by atoms with Gasteiger partial charge in [-0.05, 0) is 44.4 Å². The molecule has 2 atom stereocenters. The van der Waals surface area contributed by atoms with Crippen molar-refractivity contribution < 1.29 is 23.6 Å². The van der Waals surface area contributed by atoms with Gasteiger partial charge in [-0.2, -0.15) is 4.98 Å². The van der Waals surface area contributed by atoms with Crippen LogP contribution >= 0.6 is 0 Å². The fraction of sp³-hybridized carbons (Fsp3) is 0.387. The first-order chi connectivity index (χ1) is 20.7. The maximum Gasteiger partial charge on any atom is 0.341 e. The van der Waals surface area contributed by atoms with Gasteiger partial charge < -0.3 is 29.9 Å². The Bertz CT molecular complexity index is 1670.